The first-order valence-electron chi connectivity index (χ1n) is 18.9. The Kier molecular flexibility index (Phi) is 7.25. The van der Waals surface area contributed by atoms with Crippen LogP contribution in [0.15, 0.2) is 211 Å². The summed E-state index contributed by atoms with van der Waals surface area (Å²) in [5.41, 5.74) is 13.8. The first-order valence-corrected chi connectivity index (χ1v) is 18.9. The van der Waals surface area contributed by atoms with Gasteiger partial charge in [0, 0.05) is 21.9 Å². The molecule has 11 aromatic rings. The van der Waals surface area contributed by atoms with Gasteiger partial charge in [-0.25, -0.2) is 0 Å². The fourth-order valence-corrected chi connectivity index (χ4v) is 8.80. The lowest BCUT2D eigenvalue weighted by molar-refractivity contribution is 0.670. The van der Waals surface area contributed by atoms with Crippen LogP contribution in [0.2, 0.25) is 0 Å². The molecular formula is C54H34O. The average Bonchev–Trinajstić information content (AvgIpc) is 3.65. The SMILES string of the molecule is c1ccc(-c2cccc(-c3c4ccccc4c(-c4cccc5c4oc4ccccc45)c4cc(-c5ccc(-c6ccccc6)c6ccccc56)ccc34)c2)cc1. The molecule has 0 saturated heterocycles. The molecule has 11 rings (SSSR count). The monoisotopic (exact) mass is 698 g/mol. The fourth-order valence-electron chi connectivity index (χ4n) is 8.80. The lowest BCUT2D eigenvalue weighted by atomic mass is 9.83. The van der Waals surface area contributed by atoms with Crippen molar-refractivity contribution in [3.63, 3.8) is 0 Å². The van der Waals surface area contributed by atoms with Gasteiger partial charge >= 0.3 is 0 Å². The molecule has 55 heavy (non-hydrogen) atoms. The van der Waals surface area contributed by atoms with Gasteiger partial charge in [0.05, 0.1) is 0 Å². The van der Waals surface area contributed by atoms with Crippen LogP contribution in [0.1, 0.15) is 0 Å². The second-order valence-corrected chi connectivity index (χ2v) is 14.4. The van der Waals surface area contributed by atoms with Gasteiger partial charge in [-0.15, -0.1) is 0 Å². The molecule has 0 bridgehead atoms. The number of hydrogen-bond donors (Lipinski definition) is 0. The Labute approximate surface area is 319 Å². The Morgan fingerprint density at radius 1 is 0.236 bits per heavy atom. The van der Waals surface area contributed by atoms with Crippen molar-refractivity contribution in [1.82, 2.24) is 0 Å². The minimum atomic E-state index is 0.901. The van der Waals surface area contributed by atoms with Crippen LogP contribution in [0.5, 0.6) is 0 Å². The van der Waals surface area contributed by atoms with E-state index in [1.165, 1.54) is 82.4 Å². The van der Waals surface area contributed by atoms with Gasteiger partial charge in [0.2, 0.25) is 0 Å². The lowest BCUT2D eigenvalue weighted by Gasteiger charge is -2.20. The Morgan fingerprint density at radius 2 is 0.764 bits per heavy atom. The predicted molar refractivity (Wildman–Crippen MR) is 233 cm³/mol. The molecule has 0 aliphatic rings. The second-order valence-electron chi connectivity index (χ2n) is 14.4. The van der Waals surface area contributed by atoms with Crippen LogP contribution in [0.25, 0.3) is 110 Å². The third kappa shape index (κ3) is 5.09. The normalized spacial score (nSPS) is 11.6. The van der Waals surface area contributed by atoms with Gasteiger partial charge in [0.1, 0.15) is 11.2 Å². The van der Waals surface area contributed by atoms with E-state index in [2.05, 4.69) is 200 Å². The molecule has 0 saturated carbocycles. The molecule has 0 atom stereocenters. The highest BCUT2D eigenvalue weighted by atomic mass is 16.3. The van der Waals surface area contributed by atoms with E-state index in [9.17, 15) is 0 Å². The zero-order valence-electron chi connectivity index (χ0n) is 30.0. The first kappa shape index (κ1) is 31.3. The molecule has 1 heterocycles. The molecular weight excluding hydrogens is 665 g/mol. The molecule has 256 valence electrons. The summed E-state index contributed by atoms with van der Waals surface area (Å²) in [5, 5.41) is 9.56. The van der Waals surface area contributed by atoms with E-state index >= 15 is 0 Å². The molecule has 1 heteroatoms. The summed E-state index contributed by atoms with van der Waals surface area (Å²) in [5.74, 6) is 0. The van der Waals surface area contributed by atoms with Crippen molar-refractivity contribution in [3.05, 3.63) is 206 Å². The number of furan rings is 1. The third-order valence-corrected chi connectivity index (χ3v) is 11.3. The predicted octanol–water partition coefficient (Wildman–Crippen LogP) is 15.4. The van der Waals surface area contributed by atoms with E-state index in [-0.39, 0.29) is 0 Å². The maximum Gasteiger partial charge on any atom is 0.143 e. The Hall–Kier alpha value is -7.22. The van der Waals surface area contributed by atoms with Crippen molar-refractivity contribution < 1.29 is 4.42 Å². The van der Waals surface area contributed by atoms with Crippen molar-refractivity contribution in [3.8, 4) is 55.6 Å². The molecule has 0 aliphatic carbocycles. The second kappa shape index (κ2) is 12.7. The van der Waals surface area contributed by atoms with Gasteiger partial charge < -0.3 is 4.42 Å². The minimum Gasteiger partial charge on any atom is -0.455 e. The quantitative estimate of drug-likeness (QED) is 0.163. The van der Waals surface area contributed by atoms with Crippen LogP contribution >= 0.6 is 0 Å². The summed E-state index contributed by atoms with van der Waals surface area (Å²) in [4.78, 5) is 0. The Morgan fingerprint density at radius 3 is 1.51 bits per heavy atom. The molecule has 0 aliphatic heterocycles. The van der Waals surface area contributed by atoms with Crippen molar-refractivity contribution in [2.45, 2.75) is 0 Å². The number of hydrogen-bond acceptors (Lipinski definition) is 1. The standard InChI is InChI=1S/C54H34O/c1-3-15-35(16-4-1)37-19-13-20-39(33-37)52-45-24-9-10-25-46(45)53(49-27-14-26-48-44-23-11-12-28-51(44)55-54(48)49)50-34-38(29-30-47(50)52)41-32-31-40(36-17-5-2-6-18-36)42-21-7-8-22-43(41)42/h1-34H. The van der Waals surface area contributed by atoms with Gasteiger partial charge in [-0.05, 0) is 95.0 Å². The topological polar surface area (TPSA) is 13.1 Å². The molecule has 1 aromatic heterocycles. The maximum atomic E-state index is 6.74. The van der Waals surface area contributed by atoms with Gasteiger partial charge in [-0.1, -0.05) is 188 Å². The summed E-state index contributed by atoms with van der Waals surface area (Å²) < 4.78 is 6.74. The van der Waals surface area contributed by atoms with Gasteiger partial charge in [-0.2, -0.15) is 0 Å². The van der Waals surface area contributed by atoms with Gasteiger partial charge in [-0.3, -0.25) is 0 Å². The summed E-state index contributed by atoms with van der Waals surface area (Å²) in [6.07, 6.45) is 0. The van der Waals surface area contributed by atoms with Crippen LogP contribution in [-0.4, -0.2) is 0 Å². The molecule has 0 amide bonds. The number of benzene rings is 10. The number of rotatable bonds is 5. The van der Waals surface area contributed by atoms with E-state index in [0.717, 1.165) is 27.5 Å². The van der Waals surface area contributed by atoms with E-state index in [1.54, 1.807) is 0 Å². The highest BCUT2D eigenvalue weighted by Gasteiger charge is 2.21. The lowest BCUT2D eigenvalue weighted by Crippen LogP contribution is -1.93. The summed E-state index contributed by atoms with van der Waals surface area (Å²) in [7, 11) is 0. The number of para-hydroxylation sites is 2. The average molecular weight is 699 g/mol. The van der Waals surface area contributed by atoms with Gasteiger partial charge in [0.15, 0.2) is 0 Å². The maximum absolute atomic E-state index is 6.74. The van der Waals surface area contributed by atoms with Crippen LogP contribution in [0, 0.1) is 0 Å². The van der Waals surface area contributed by atoms with Crippen LogP contribution in [0.3, 0.4) is 0 Å². The van der Waals surface area contributed by atoms with E-state index in [0.29, 0.717) is 0 Å². The van der Waals surface area contributed by atoms with Gasteiger partial charge in [0.25, 0.3) is 0 Å². The highest BCUT2D eigenvalue weighted by molar-refractivity contribution is 6.25. The molecule has 1 nitrogen and oxygen atoms in total. The Balaban J connectivity index is 1.24. The largest absolute Gasteiger partial charge is 0.455 e. The summed E-state index contributed by atoms with van der Waals surface area (Å²) in [6.45, 7) is 0. The highest BCUT2D eigenvalue weighted by Crippen LogP contribution is 2.48. The van der Waals surface area contributed by atoms with Crippen molar-refractivity contribution >= 4 is 54.3 Å². The molecule has 0 fully saturated rings. The Bertz CT molecular complexity index is 3240. The van der Waals surface area contributed by atoms with E-state index in [1.807, 2.05) is 6.07 Å². The molecule has 0 radical (unpaired) electrons. The third-order valence-electron chi connectivity index (χ3n) is 11.3. The fraction of sp³-hybridized carbons (Fsp3) is 0. The molecule has 0 spiro atoms. The summed E-state index contributed by atoms with van der Waals surface area (Å²) in [6, 6.07) is 74.7. The van der Waals surface area contributed by atoms with E-state index < -0.39 is 0 Å². The number of fused-ring (bicyclic) bond motifs is 6. The molecule has 0 N–H and O–H groups in total. The summed E-state index contributed by atoms with van der Waals surface area (Å²) >= 11 is 0. The zero-order valence-corrected chi connectivity index (χ0v) is 30.0. The first-order chi connectivity index (χ1) is 27.3. The van der Waals surface area contributed by atoms with E-state index in [4.69, 9.17) is 4.42 Å². The van der Waals surface area contributed by atoms with Crippen molar-refractivity contribution in [1.29, 1.82) is 0 Å². The van der Waals surface area contributed by atoms with Crippen LogP contribution < -0.4 is 0 Å². The van der Waals surface area contributed by atoms with Crippen LogP contribution in [0.4, 0.5) is 0 Å². The zero-order chi connectivity index (χ0) is 36.3. The molecule has 10 aromatic carbocycles. The van der Waals surface area contributed by atoms with Crippen molar-refractivity contribution in [2.75, 3.05) is 0 Å². The molecule has 0 unspecified atom stereocenters. The van der Waals surface area contributed by atoms with Crippen molar-refractivity contribution in [2.24, 2.45) is 0 Å². The minimum absolute atomic E-state index is 0.901. The smallest absolute Gasteiger partial charge is 0.143 e. The van der Waals surface area contributed by atoms with Crippen LogP contribution in [-0.2, 0) is 0 Å².